The van der Waals surface area contributed by atoms with E-state index < -0.39 is 0 Å². The number of methoxy groups -OCH3 is 1. The number of pyridine rings is 1. The molecule has 0 fully saturated rings. The summed E-state index contributed by atoms with van der Waals surface area (Å²) in [7, 11) is 1.72. The molecular formula is C14H20N4OS. The van der Waals surface area contributed by atoms with Gasteiger partial charge in [0.2, 0.25) is 0 Å². The molecule has 1 atom stereocenters. The molecule has 5 nitrogen and oxygen atoms in total. The Bertz CT molecular complexity index is 523. The van der Waals surface area contributed by atoms with E-state index in [-0.39, 0.29) is 6.04 Å². The van der Waals surface area contributed by atoms with Gasteiger partial charge in [0, 0.05) is 25.1 Å². The molecule has 20 heavy (non-hydrogen) atoms. The van der Waals surface area contributed by atoms with Gasteiger partial charge in [-0.3, -0.25) is 4.98 Å². The van der Waals surface area contributed by atoms with Crippen molar-refractivity contribution >= 4 is 22.4 Å². The fourth-order valence-electron chi connectivity index (χ4n) is 2.12. The average Bonchev–Trinajstić information content (AvgIpc) is 2.81. The van der Waals surface area contributed by atoms with Crippen molar-refractivity contribution in [2.75, 3.05) is 24.8 Å². The maximum Gasteiger partial charge on any atom is 0.147 e. The number of hydrogen-bond donors (Lipinski definition) is 2. The zero-order chi connectivity index (χ0) is 14.4. The monoisotopic (exact) mass is 292 g/mol. The van der Waals surface area contributed by atoms with E-state index in [0.717, 1.165) is 29.0 Å². The van der Waals surface area contributed by atoms with Gasteiger partial charge in [0.1, 0.15) is 10.8 Å². The van der Waals surface area contributed by atoms with E-state index in [4.69, 9.17) is 10.5 Å². The van der Waals surface area contributed by atoms with E-state index in [1.54, 1.807) is 19.5 Å². The Morgan fingerprint density at radius 2 is 2.35 bits per heavy atom. The molecule has 108 valence electrons. The Kier molecular flexibility index (Phi) is 5.31. The van der Waals surface area contributed by atoms with E-state index >= 15 is 0 Å². The first-order chi connectivity index (χ1) is 9.76. The van der Waals surface area contributed by atoms with Gasteiger partial charge in [-0.2, -0.15) is 4.37 Å². The number of anilines is 2. The summed E-state index contributed by atoms with van der Waals surface area (Å²) in [4.78, 5) is 4.14. The first-order valence-electron chi connectivity index (χ1n) is 6.67. The maximum absolute atomic E-state index is 6.00. The van der Waals surface area contributed by atoms with Crippen LogP contribution in [0, 0.1) is 0 Å². The summed E-state index contributed by atoms with van der Waals surface area (Å²) in [5, 5.41) is 4.47. The number of nitrogen functional groups attached to an aromatic ring is 1. The highest BCUT2D eigenvalue weighted by atomic mass is 32.1. The van der Waals surface area contributed by atoms with E-state index in [9.17, 15) is 0 Å². The zero-order valence-electron chi connectivity index (χ0n) is 11.8. The minimum absolute atomic E-state index is 0.264. The Morgan fingerprint density at radius 3 is 3.00 bits per heavy atom. The van der Waals surface area contributed by atoms with Gasteiger partial charge in [0.05, 0.1) is 18.2 Å². The minimum Gasteiger partial charge on any atom is -0.383 e. The Hall–Kier alpha value is -1.66. The standard InChI is InChI=1S/C14H20N4OS/c1-3-5-11(9-19-2)17-14-12(13(15)18-20-14)10-6-4-7-16-8-10/h4,6-8,11,17H,3,5,9H2,1-2H3,(H2,15,18). The summed E-state index contributed by atoms with van der Waals surface area (Å²) in [6.07, 6.45) is 5.68. The van der Waals surface area contributed by atoms with Crippen LogP contribution in [0.15, 0.2) is 24.5 Å². The van der Waals surface area contributed by atoms with Crippen LogP contribution < -0.4 is 11.1 Å². The van der Waals surface area contributed by atoms with E-state index in [1.165, 1.54) is 11.5 Å². The number of nitrogens with two attached hydrogens (primary N) is 1. The summed E-state index contributed by atoms with van der Waals surface area (Å²) >= 11 is 1.38. The van der Waals surface area contributed by atoms with Crippen molar-refractivity contribution in [3.63, 3.8) is 0 Å². The molecule has 0 radical (unpaired) electrons. The van der Waals surface area contributed by atoms with E-state index in [0.29, 0.717) is 12.4 Å². The van der Waals surface area contributed by atoms with Crippen LogP contribution in [0.5, 0.6) is 0 Å². The highest BCUT2D eigenvalue weighted by Crippen LogP contribution is 2.36. The van der Waals surface area contributed by atoms with Crippen LogP contribution in [0.3, 0.4) is 0 Å². The Balaban J connectivity index is 2.24. The minimum atomic E-state index is 0.264. The summed E-state index contributed by atoms with van der Waals surface area (Å²) in [6, 6.07) is 4.15. The molecule has 0 aliphatic heterocycles. The topological polar surface area (TPSA) is 73.1 Å². The van der Waals surface area contributed by atoms with Crippen molar-refractivity contribution in [1.29, 1.82) is 0 Å². The first kappa shape index (κ1) is 14.7. The van der Waals surface area contributed by atoms with Crippen LogP contribution in [0.25, 0.3) is 11.1 Å². The van der Waals surface area contributed by atoms with Crippen LogP contribution in [0.2, 0.25) is 0 Å². The third-order valence-corrected chi connectivity index (χ3v) is 3.80. The van der Waals surface area contributed by atoms with Gasteiger partial charge in [-0.1, -0.05) is 19.4 Å². The maximum atomic E-state index is 6.00. The molecule has 0 bridgehead atoms. The van der Waals surface area contributed by atoms with E-state index in [2.05, 4.69) is 21.6 Å². The number of hydrogen-bond acceptors (Lipinski definition) is 6. The quantitative estimate of drug-likeness (QED) is 0.820. The fraction of sp³-hybridized carbons (Fsp3) is 0.429. The second kappa shape index (κ2) is 7.21. The predicted molar refractivity (Wildman–Crippen MR) is 84.0 cm³/mol. The molecule has 0 saturated heterocycles. The molecule has 0 spiro atoms. The third kappa shape index (κ3) is 3.46. The second-order valence-corrected chi connectivity index (χ2v) is 5.37. The molecule has 0 aliphatic rings. The normalized spacial score (nSPS) is 12.3. The lowest BCUT2D eigenvalue weighted by Crippen LogP contribution is -2.24. The molecule has 0 amide bonds. The van der Waals surface area contributed by atoms with Crippen LogP contribution >= 0.6 is 11.5 Å². The van der Waals surface area contributed by atoms with Crippen molar-refractivity contribution in [3.8, 4) is 11.1 Å². The highest BCUT2D eigenvalue weighted by molar-refractivity contribution is 7.11. The second-order valence-electron chi connectivity index (χ2n) is 4.60. The third-order valence-electron chi connectivity index (χ3n) is 3.01. The number of ether oxygens (including phenoxy) is 1. The molecular weight excluding hydrogens is 272 g/mol. The molecule has 3 N–H and O–H groups in total. The van der Waals surface area contributed by atoms with Gasteiger partial charge in [0.15, 0.2) is 0 Å². The van der Waals surface area contributed by atoms with Gasteiger partial charge in [-0.05, 0) is 24.0 Å². The molecule has 1 unspecified atom stereocenters. The lowest BCUT2D eigenvalue weighted by Gasteiger charge is -2.18. The largest absolute Gasteiger partial charge is 0.383 e. The van der Waals surface area contributed by atoms with Crippen LogP contribution in [-0.2, 0) is 4.74 Å². The molecule has 0 saturated carbocycles. The predicted octanol–water partition coefficient (Wildman–Crippen LogP) is 3.01. The molecule has 2 aromatic heterocycles. The van der Waals surface area contributed by atoms with Gasteiger partial charge < -0.3 is 15.8 Å². The average molecular weight is 292 g/mol. The summed E-state index contributed by atoms with van der Waals surface area (Å²) < 4.78 is 9.51. The molecule has 6 heteroatoms. The Morgan fingerprint density at radius 1 is 1.50 bits per heavy atom. The number of aromatic nitrogens is 2. The number of nitrogens with one attached hydrogen (secondary N) is 1. The van der Waals surface area contributed by atoms with Crippen molar-refractivity contribution in [2.24, 2.45) is 0 Å². The van der Waals surface area contributed by atoms with E-state index in [1.807, 2.05) is 12.1 Å². The van der Waals surface area contributed by atoms with Gasteiger partial charge in [0.25, 0.3) is 0 Å². The number of nitrogens with zero attached hydrogens (tertiary/aromatic N) is 2. The van der Waals surface area contributed by atoms with Crippen molar-refractivity contribution in [2.45, 2.75) is 25.8 Å². The molecule has 0 aromatic carbocycles. The molecule has 0 aliphatic carbocycles. The highest BCUT2D eigenvalue weighted by Gasteiger charge is 2.17. The van der Waals surface area contributed by atoms with Crippen molar-refractivity contribution in [3.05, 3.63) is 24.5 Å². The molecule has 2 aromatic rings. The van der Waals surface area contributed by atoms with Crippen molar-refractivity contribution in [1.82, 2.24) is 9.36 Å². The Labute approximate surface area is 123 Å². The zero-order valence-corrected chi connectivity index (χ0v) is 12.6. The van der Waals surface area contributed by atoms with Crippen LogP contribution in [0.1, 0.15) is 19.8 Å². The first-order valence-corrected chi connectivity index (χ1v) is 7.44. The van der Waals surface area contributed by atoms with Crippen LogP contribution in [0.4, 0.5) is 10.8 Å². The van der Waals surface area contributed by atoms with Crippen LogP contribution in [-0.4, -0.2) is 29.1 Å². The number of rotatable bonds is 7. The lowest BCUT2D eigenvalue weighted by molar-refractivity contribution is 0.182. The molecule has 2 heterocycles. The van der Waals surface area contributed by atoms with Gasteiger partial charge in [-0.15, -0.1) is 0 Å². The lowest BCUT2D eigenvalue weighted by atomic mass is 10.1. The fourth-order valence-corrected chi connectivity index (χ4v) is 2.94. The van der Waals surface area contributed by atoms with Gasteiger partial charge >= 0.3 is 0 Å². The summed E-state index contributed by atoms with van der Waals surface area (Å²) in [6.45, 7) is 2.82. The molecule has 2 rings (SSSR count). The smallest absolute Gasteiger partial charge is 0.147 e. The van der Waals surface area contributed by atoms with Gasteiger partial charge in [-0.25, -0.2) is 0 Å². The SMILES string of the molecule is CCCC(COC)Nc1snc(N)c1-c1cccnc1. The summed E-state index contributed by atoms with van der Waals surface area (Å²) in [5.41, 5.74) is 7.91. The summed E-state index contributed by atoms with van der Waals surface area (Å²) in [5.74, 6) is 0.540. The van der Waals surface area contributed by atoms with Crippen molar-refractivity contribution < 1.29 is 4.74 Å².